The molecule has 1 rings (SSSR count). The van der Waals surface area contributed by atoms with Crippen molar-refractivity contribution in [2.45, 2.75) is 4.90 Å². The molecule has 0 spiro atoms. The highest BCUT2D eigenvalue weighted by molar-refractivity contribution is 8.00. The number of amidine groups is 1. The summed E-state index contributed by atoms with van der Waals surface area (Å²) in [5, 5.41) is 7.74. The molecule has 0 aliphatic carbocycles. The Morgan fingerprint density at radius 3 is 2.65 bits per heavy atom. The highest BCUT2D eigenvalue weighted by atomic mass is 35.5. The molecule has 0 radical (unpaired) electrons. The topological polar surface area (TPSA) is 84.0 Å². The second-order valence-corrected chi connectivity index (χ2v) is 7.34. The Bertz CT molecular complexity index is 529. The van der Waals surface area contributed by atoms with Crippen LogP contribution in [0.15, 0.2) is 23.1 Å². The fourth-order valence-electron chi connectivity index (χ4n) is 1.09. The molecule has 0 saturated heterocycles. The molecule has 94 valence electrons. The largest absolute Gasteiger partial charge is 0.384 e. The van der Waals surface area contributed by atoms with E-state index in [1.54, 1.807) is 18.2 Å². The summed E-state index contributed by atoms with van der Waals surface area (Å²) in [6.07, 6.45) is 1.20. The van der Waals surface area contributed by atoms with Gasteiger partial charge in [-0.05, 0) is 12.1 Å². The molecule has 0 amide bonds. The predicted octanol–water partition coefficient (Wildman–Crippen LogP) is 1.76. The van der Waals surface area contributed by atoms with E-state index >= 15 is 0 Å². The number of nitrogens with one attached hydrogen (secondary N) is 1. The summed E-state index contributed by atoms with van der Waals surface area (Å²) in [6, 6.07) is 5.04. The van der Waals surface area contributed by atoms with Gasteiger partial charge in [-0.1, -0.05) is 17.7 Å². The van der Waals surface area contributed by atoms with E-state index in [9.17, 15) is 8.42 Å². The van der Waals surface area contributed by atoms with Gasteiger partial charge in [-0.3, -0.25) is 5.41 Å². The Kier molecular flexibility index (Phi) is 4.85. The number of halogens is 1. The SMILES string of the molecule is CS(=O)(=O)CCSc1ccc(C(=N)N)cc1Cl. The first kappa shape index (κ1) is 14.3. The number of thioether (sulfide) groups is 1. The first-order valence-electron chi connectivity index (χ1n) is 4.74. The van der Waals surface area contributed by atoms with E-state index in [1.807, 2.05) is 0 Å². The molecular formula is C10H13ClN2O2S2. The van der Waals surface area contributed by atoms with Gasteiger partial charge in [0.15, 0.2) is 0 Å². The maximum Gasteiger partial charge on any atom is 0.148 e. The number of benzene rings is 1. The number of rotatable bonds is 5. The quantitative estimate of drug-likeness (QED) is 0.492. The molecule has 0 saturated carbocycles. The summed E-state index contributed by atoms with van der Waals surface area (Å²) in [7, 11) is -2.95. The fourth-order valence-corrected chi connectivity index (χ4v) is 3.56. The molecule has 1 aromatic rings. The number of hydrogen-bond acceptors (Lipinski definition) is 4. The van der Waals surface area contributed by atoms with Crippen molar-refractivity contribution in [3.8, 4) is 0 Å². The van der Waals surface area contributed by atoms with Crippen molar-refractivity contribution < 1.29 is 8.42 Å². The summed E-state index contributed by atoms with van der Waals surface area (Å²) in [5.41, 5.74) is 5.89. The van der Waals surface area contributed by atoms with Crippen LogP contribution in [0.2, 0.25) is 5.02 Å². The number of hydrogen-bond donors (Lipinski definition) is 2. The van der Waals surface area contributed by atoms with Crippen LogP contribution in [0.3, 0.4) is 0 Å². The van der Waals surface area contributed by atoms with Crippen LogP contribution >= 0.6 is 23.4 Å². The molecule has 0 bridgehead atoms. The minimum absolute atomic E-state index is 0.0421. The van der Waals surface area contributed by atoms with Crippen LogP contribution < -0.4 is 5.73 Å². The Morgan fingerprint density at radius 2 is 2.18 bits per heavy atom. The van der Waals surface area contributed by atoms with E-state index < -0.39 is 9.84 Å². The molecule has 4 nitrogen and oxygen atoms in total. The molecule has 0 heterocycles. The van der Waals surface area contributed by atoms with Crippen molar-refractivity contribution in [1.82, 2.24) is 0 Å². The van der Waals surface area contributed by atoms with Gasteiger partial charge in [-0.25, -0.2) is 8.42 Å². The zero-order chi connectivity index (χ0) is 13.1. The molecule has 0 aromatic heterocycles. The van der Waals surface area contributed by atoms with Crippen LogP contribution in [0.4, 0.5) is 0 Å². The second kappa shape index (κ2) is 5.75. The van der Waals surface area contributed by atoms with Crippen LogP contribution in [-0.2, 0) is 9.84 Å². The van der Waals surface area contributed by atoms with Gasteiger partial charge in [-0.2, -0.15) is 0 Å². The van der Waals surface area contributed by atoms with Crippen molar-refractivity contribution in [3.05, 3.63) is 28.8 Å². The van der Waals surface area contributed by atoms with E-state index in [0.717, 1.165) is 4.90 Å². The molecule has 7 heteroatoms. The number of sulfone groups is 1. The first-order chi connectivity index (χ1) is 7.79. The van der Waals surface area contributed by atoms with Gasteiger partial charge in [0.25, 0.3) is 0 Å². The summed E-state index contributed by atoms with van der Waals surface area (Å²) in [5.74, 6) is 0.528. The van der Waals surface area contributed by atoms with Gasteiger partial charge < -0.3 is 5.73 Å². The fraction of sp³-hybridized carbons (Fsp3) is 0.300. The predicted molar refractivity (Wildman–Crippen MR) is 72.9 cm³/mol. The normalized spacial score (nSPS) is 11.4. The standard InChI is InChI=1S/C10H13ClN2O2S2/c1-17(14,15)5-4-16-9-3-2-7(10(12)13)6-8(9)11/h2-3,6H,4-5H2,1H3,(H3,12,13). The third-order valence-electron chi connectivity index (χ3n) is 1.95. The lowest BCUT2D eigenvalue weighted by atomic mass is 10.2. The summed E-state index contributed by atoms with van der Waals surface area (Å²) < 4.78 is 21.9. The summed E-state index contributed by atoms with van der Waals surface area (Å²) in [4.78, 5) is 0.792. The lowest BCUT2D eigenvalue weighted by Crippen LogP contribution is -2.10. The van der Waals surface area contributed by atoms with Crippen LogP contribution in [0.25, 0.3) is 0 Å². The van der Waals surface area contributed by atoms with Crippen molar-refractivity contribution in [2.24, 2.45) is 5.73 Å². The summed E-state index contributed by atoms with van der Waals surface area (Å²) >= 11 is 7.37. The first-order valence-corrected chi connectivity index (χ1v) is 8.16. The monoisotopic (exact) mass is 292 g/mol. The van der Waals surface area contributed by atoms with Crippen molar-refractivity contribution in [1.29, 1.82) is 5.41 Å². The van der Waals surface area contributed by atoms with E-state index in [1.165, 1.54) is 18.0 Å². The van der Waals surface area contributed by atoms with Gasteiger partial charge in [0.1, 0.15) is 15.7 Å². The van der Waals surface area contributed by atoms with E-state index in [4.69, 9.17) is 22.7 Å². The maximum absolute atomic E-state index is 11.0. The van der Waals surface area contributed by atoms with Crippen molar-refractivity contribution in [2.75, 3.05) is 17.8 Å². The molecule has 0 atom stereocenters. The molecule has 3 N–H and O–H groups in total. The average Bonchev–Trinajstić information content (AvgIpc) is 2.18. The van der Waals surface area contributed by atoms with E-state index in [2.05, 4.69) is 0 Å². The van der Waals surface area contributed by atoms with E-state index in [0.29, 0.717) is 16.3 Å². The molecular weight excluding hydrogens is 280 g/mol. The van der Waals surface area contributed by atoms with E-state index in [-0.39, 0.29) is 11.6 Å². The Hall–Kier alpha value is -0.720. The van der Waals surface area contributed by atoms with Gasteiger partial charge in [-0.15, -0.1) is 11.8 Å². The van der Waals surface area contributed by atoms with Gasteiger partial charge in [0.05, 0.1) is 10.8 Å². The minimum Gasteiger partial charge on any atom is -0.384 e. The molecule has 17 heavy (non-hydrogen) atoms. The smallest absolute Gasteiger partial charge is 0.148 e. The molecule has 0 aliphatic heterocycles. The lowest BCUT2D eigenvalue weighted by molar-refractivity contribution is 0.603. The van der Waals surface area contributed by atoms with Crippen LogP contribution in [0, 0.1) is 5.41 Å². The second-order valence-electron chi connectivity index (χ2n) is 3.54. The Morgan fingerprint density at radius 1 is 1.53 bits per heavy atom. The highest BCUT2D eigenvalue weighted by Crippen LogP contribution is 2.27. The Balaban J connectivity index is 2.70. The number of nitrogen functional groups attached to an aromatic ring is 1. The third kappa shape index (κ3) is 4.97. The third-order valence-corrected chi connectivity index (χ3v) is 4.66. The van der Waals surface area contributed by atoms with Crippen molar-refractivity contribution in [3.63, 3.8) is 0 Å². The Labute approximate surface area is 110 Å². The highest BCUT2D eigenvalue weighted by Gasteiger charge is 2.07. The summed E-state index contributed by atoms with van der Waals surface area (Å²) in [6.45, 7) is 0. The lowest BCUT2D eigenvalue weighted by Gasteiger charge is -2.05. The minimum atomic E-state index is -2.95. The van der Waals surface area contributed by atoms with Crippen LogP contribution in [0.1, 0.15) is 5.56 Å². The average molecular weight is 293 g/mol. The van der Waals surface area contributed by atoms with Gasteiger partial charge in [0.2, 0.25) is 0 Å². The van der Waals surface area contributed by atoms with Gasteiger partial charge in [0, 0.05) is 22.5 Å². The molecule has 0 fully saturated rings. The molecule has 0 aliphatic rings. The molecule has 1 aromatic carbocycles. The maximum atomic E-state index is 11.0. The van der Waals surface area contributed by atoms with Crippen LogP contribution in [0.5, 0.6) is 0 Å². The number of nitrogens with two attached hydrogens (primary N) is 1. The molecule has 0 unspecified atom stereocenters. The zero-order valence-corrected chi connectivity index (χ0v) is 11.6. The van der Waals surface area contributed by atoms with Gasteiger partial charge >= 0.3 is 0 Å². The van der Waals surface area contributed by atoms with Crippen molar-refractivity contribution >= 4 is 39.0 Å². The van der Waals surface area contributed by atoms with Crippen LogP contribution in [-0.4, -0.2) is 32.0 Å². The zero-order valence-electron chi connectivity index (χ0n) is 9.23.